The third-order valence-electron chi connectivity index (χ3n) is 7.40. The molecule has 0 spiro atoms. The van der Waals surface area contributed by atoms with Crippen molar-refractivity contribution in [1.29, 1.82) is 0 Å². The van der Waals surface area contributed by atoms with Crippen LogP contribution in [-0.2, 0) is 0 Å². The smallest absolute Gasteiger partial charge is 0.0849 e. The third kappa shape index (κ3) is 2.31. The lowest BCUT2D eigenvalue weighted by atomic mass is 9.62. The fraction of sp³-hybridized carbons (Fsp3) is 0.231. The first-order valence-corrected chi connectivity index (χ1v) is 11.1. The van der Waals surface area contributed by atoms with E-state index < -0.39 is 24.0 Å². The van der Waals surface area contributed by atoms with Gasteiger partial charge in [-0.25, -0.2) is 0 Å². The molecule has 2 aliphatic heterocycles. The molecular formula is C26H22N4O2-2. The van der Waals surface area contributed by atoms with Crippen molar-refractivity contribution in [2.75, 3.05) is 34.6 Å². The van der Waals surface area contributed by atoms with E-state index in [-0.39, 0.29) is 0 Å². The van der Waals surface area contributed by atoms with Gasteiger partial charge in [0.2, 0.25) is 0 Å². The van der Waals surface area contributed by atoms with Crippen molar-refractivity contribution in [1.82, 2.24) is 0 Å². The molecule has 4 aromatic carbocycles. The fourth-order valence-corrected chi connectivity index (χ4v) is 5.88. The molecule has 4 aromatic rings. The highest BCUT2D eigenvalue weighted by molar-refractivity contribution is 6.07. The van der Waals surface area contributed by atoms with Gasteiger partial charge in [0.25, 0.3) is 0 Å². The molecule has 6 heteroatoms. The Balaban J connectivity index is 1.33. The molecule has 3 aliphatic rings. The highest BCUT2D eigenvalue weighted by Gasteiger charge is 2.40. The van der Waals surface area contributed by atoms with Gasteiger partial charge in [-0.05, 0) is 58.0 Å². The van der Waals surface area contributed by atoms with Crippen molar-refractivity contribution in [3.8, 4) is 0 Å². The molecule has 1 aliphatic carbocycles. The van der Waals surface area contributed by atoms with Gasteiger partial charge < -0.3 is 31.5 Å². The summed E-state index contributed by atoms with van der Waals surface area (Å²) in [6.07, 6.45) is -1.94. The minimum Gasteiger partial charge on any atom is -0.851 e. The molecule has 0 amide bonds. The summed E-state index contributed by atoms with van der Waals surface area (Å²) in [4.78, 5) is 0. The standard InChI is InChI=1S/C26H22N4O2/c31-25-23(15-7-9-19-21-13(15)3-1-5-17(21)27-11-29-19)26(32)24(25)16-8-10-20-22-14(16)4-2-6-18(22)28-12-30-20/h1-10,23-30H,11-12H2/q-2. The molecule has 0 saturated heterocycles. The first kappa shape index (κ1) is 18.1. The lowest BCUT2D eigenvalue weighted by molar-refractivity contribution is -0.535. The predicted octanol–water partition coefficient (Wildman–Crippen LogP) is 2.92. The van der Waals surface area contributed by atoms with Gasteiger partial charge >= 0.3 is 0 Å². The van der Waals surface area contributed by atoms with Crippen LogP contribution < -0.4 is 31.5 Å². The molecule has 0 bridgehead atoms. The van der Waals surface area contributed by atoms with Crippen molar-refractivity contribution in [2.45, 2.75) is 24.0 Å². The molecule has 7 rings (SSSR count). The average molecular weight is 422 g/mol. The van der Waals surface area contributed by atoms with E-state index in [1.807, 2.05) is 60.7 Å². The van der Waals surface area contributed by atoms with E-state index >= 15 is 0 Å². The molecule has 4 N–H and O–H groups in total. The van der Waals surface area contributed by atoms with Crippen LogP contribution in [0.15, 0.2) is 60.7 Å². The summed E-state index contributed by atoms with van der Waals surface area (Å²) in [6, 6.07) is 20.1. The van der Waals surface area contributed by atoms with Crippen molar-refractivity contribution >= 4 is 44.3 Å². The van der Waals surface area contributed by atoms with E-state index in [2.05, 4.69) is 21.3 Å². The number of anilines is 4. The first-order chi connectivity index (χ1) is 15.7. The third-order valence-corrected chi connectivity index (χ3v) is 7.40. The minimum absolute atomic E-state index is 0.548. The predicted molar refractivity (Wildman–Crippen MR) is 125 cm³/mol. The van der Waals surface area contributed by atoms with Crippen LogP contribution in [0.5, 0.6) is 0 Å². The van der Waals surface area contributed by atoms with E-state index in [0.29, 0.717) is 13.3 Å². The summed E-state index contributed by atoms with van der Waals surface area (Å²) in [7, 11) is 0. The van der Waals surface area contributed by atoms with E-state index in [1.165, 1.54) is 0 Å². The molecular weight excluding hydrogens is 400 g/mol. The zero-order valence-electron chi connectivity index (χ0n) is 17.3. The van der Waals surface area contributed by atoms with Crippen LogP contribution in [0.2, 0.25) is 0 Å². The average Bonchev–Trinajstić information content (AvgIpc) is 2.83. The molecule has 0 unspecified atom stereocenters. The second kappa shape index (κ2) is 6.51. The van der Waals surface area contributed by atoms with Crippen LogP contribution in [0, 0.1) is 0 Å². The summed E-state index contributed by atoms with van der Waals surface area (Å²) in [5, 5.41) is 44.7. The maximum atomic E-state index is 13.6. The van der Waals surface area contributed by atoms with Gasteiger partial charge in [-0.1, -0.05) is 36.4 Å². The summed E-state index contributed by atoms with van der Waals surface area (Å²) >= 11 is 0. The Kier molecular flexibility index (Phi) is 3.69. The number of rotatable bonds is 2. The van der Waals surface area contributed by atoms with Gasteiger partial charge in [-0.15, -0.1) is 12.2 Å². The SMILES string of the molecule is [O-]C1C(c2ccc3c4c(cccc24)NCN3)C([O-])C1c1ccc2c3c(cccc13)NCN2. The first-order valence-electron chi connectivity index (χ1n) is 11.1. The summed E-state index contributed by atoms with van der Waals surface area (Å²) in [6.45, 7) is 1.33. The van der Waals surface area contributed by atoms with Gasteiger partial charge in [0, 0.05) is 33.5 Å². The van der Waals surface area contributed by atoms with Gasteiger partial charge in [0.1, 0.15) is 0 Å². The molecule has 32 heavy (non-hydrogen) atoms. The minimum atomic E-state index is -0.972. The van der Waals surface area contributed by atoms with Gasteiger partial charge in [-0.2, -0.15) is 0 Å². The van der Waals surface area contributed by atoms with Crippen LogP contribution in [0.4, 0.5) is 22.7 Å². The summed E-state index contributed by atoms with van der Waals surface area (Å²) < 4.78 is 0. The van der Waals surface area contributed by atoms with Crippen molar-refractivity contribution in [3.05, 3.63) is 71.8 Å². The Morgan fingerprint density at radius 3 is 1.38 bits per heavy atom. The van der Waals surface area contributed by atoms with Crippen molar-refractivity contribution in [2.24, 2.45) is 0 Å². The van der Waals surface area contributed by atoms with Crippen molar-refractivity contribution in [3.63, 3.8) is 0 Å². The van der Waals surface area contributed by atoms with Crippen molar-refractivity contribution < 1.29 is 10.2 Å². The van der Waals surface area contributed by atoms with Crippen LogP contribution in [0.25, 0.3) is 21.5 Å². The van der Waals surface area contributed by atoms with Crippen LogP contribution in [0.1, 0.15) is 23.0 Å². The second-order valence-electron chi connectivity index (χ2n) is 8.90. The Hall–Kier alpha value is -3.48. The van der Waals surface area contributed by atoms with Gasteiger partial charge in [-0.3, -0.25) is 0 Å². The van der Waals surface area contributed by atoms with Crippen LogP contribution >= 0.6 is 0 Å². The Labute approximate surface area is 185 Å². The lowest BCUT2D eigenvalue weighted by Gasteiger charge is -2.62. The second-order valence-corrected chi connectivity index (χ2v) is 8.90. The quantitative estimate of drug-likeness (QED) is 0.397. The zero-order valence-corrected chi connectivity index (χ0v) is 17.3. The van der Waals surface area contributed by atoms with Crippen LogP contribution in [0.3, 0.4) is 0 Å². The zero-order chi connectivity index (χ0) is 21.4. The molecule has 6 nitrogen and oxygen atoms in total. The number of benzene rings is 4. The Morgan fingerprint density at radius 1 is 0.531 bits per heavy atom. The summed E-state index contributed by atoms with van der Waals surface area (Å²) in [5.41, 5.74) is 5.92. The number of hydrogen-bond acceptors (Lipinski definition) is 6. The van der Waals surface area contributed by atoms with E-state index in [9.17, 15) is 10.2 Å². The van der Waals surface area contributed by atoms with E-state index in [0.717, 1.165) is 55.4 Å². The molecule has 0 radical (unpaired) electrons. The fourth-order valence-electron chi connectivity index (χ4n) is 5.88. The molecule has 1 fully saturated rings. The Bertz CT molecular complexity index is 1270. The van der Waals surface area contributed by atoms with Crippen LogP contribution in [-0.4, -0.2) is 25.5 Å². The number of hydrogen-bond donors (Lipinski definition) is 4. The number of nitrogens with one attached hydrogen (secondary N) is 4. The molecule has 160 valence electrons. The maximum absolute atomic E-state index is 13.6. The van der Waals surface area contributed by atoms with E-state index in [4.69, 9.17) is 0 Å². The normalized spacial score (nSPS) is 25.3. The highest BCUT2D eigenvalue weighted by Crippen LogP contribution is 2.51. The van der Waals surface area contributed by atoms with Gasteiger partial charge in [0.05, 0.1) is 13.3 Å². The van der Waals surface area contributed by atoms with E-state index in [1.54, 1.807) is 0 Å². The monoisotopic (exact) mass is 422 g/mol. The van der Waals surface area contributed by atoms with Gasteiger partial charge in [0.15, 0.2) is 0 Å². The largest absolute Gasteiger partial charge is 0.851 e. The topological polar surface area (TPSA) is 94.2 Å². The highest BCUT2D eigenvalue weighted by atomic mass is 16.3. The Morgan fingerprint density at radius 2 is 0.938 bits per heavy atom. The molecule has 0 aromatic heterocycles. The lowest BCUT2D eigenvalue weighted by Crippen LogP contribution is -2.63. The molecule has 2 heterocycles. The summed E-state index contributed by atoms with van der Waals surface area (Å²) in [5.74, 6) is -1.10. The molecule has 0 atom stereocenters. The maximum Gasteiger partial charge on any atom is 0.0849 e. The molecule has 1 saturated carbocycles.